The van der Waals surface area contributed by atoms with Crippen LogP contribution in [-0.4, -0.2) is 41.6 Å². The zero-order chi connectivity index (χ0) is 32.8. The summed E-state index contributed by atoms with van der Waals surface area (Å²) < 4.78 is 3.21. The number of hydrogen-bond donors (Lipinski definition) is 0. The first-order valence-corrected chi connectivity index (χ1v) is 16.9. The van der Waals surface area contributed by atoms with Crippen molar-refractivity contribution in [1.29, 1.82) is 0 Å². The third-order valence-corrected chi connectivity index (χ3v) is 8.85. The molecule has 2 aromatic carbocycles. The maximum Gasteiger partial charge on any atom is 0.262 e. The largest absolute Gasteiger partial charge is 0.290 e. The number of nitrogens with zero attached hydrogens (tertiary/aromatic N) is 6. The van der Waals surface area contributed by atoms with Crippen LogP contribution in [0.2, 0.25) is 0 Å². The number of aryl methyl sites for hydroxylation is 2. The monoisotopic (exact) mass is 646 g/mol. The van der Waals surface area contributed by atoms with E-state index in [1.54, 1.807) is 48.0 Å². The molecule has 0 fully saturated rings. The van der Waals surface area contributed by atoms with Gasteiger partial charge in [0.25, 0.3) is 11.1 Å². The van der Waals surface area contributed by atoms with E-state index in [1.807, 2.05) is 99.2 Å². The van der Waals surface area contributed by atoms with Crippen molar-refractivity contribution < 1.29 is 0 Å². The van der Waals surface area contributed by atoms with E-state index in [4.69, 9.17) is 9.97 Å². The van der Waals surface area contributed by atoms with Crippen LogP contribution in [-0.2, 0) is 14.1 Å². The Hall–Kier alpha value is -4.80. The predicted octanol–water partition coefficient (Wildman–Crippen LogP) is 7.08. The van der Waals surface area contributed by atoms with Gasteiger partial charge in [-0.25, -0.2) is 9.97 Å². The van der Waals surface area contributed by atoms with Crippen molar-refractivity contribution >= 4 is 23.5 Å². The highest BCUT2D eigenvalue weighted by Crippen LogP contribution is 2.31. The molecule has 10 heteroatoms. The highest BCUT2D eigenvalue weighted by atomic mass is 32.2. The number of aromatic nitrogens is 6. The number of pyridine rings is 2. The average molecular weight is 647 g/mol. The summed E-state index contributed by atoms with van der Waals surface area (Å²) in [7, 11) is 3.52. The van der Waals surface area contributed by atoms with Gasteiger partial charge in [-0.15, -0.1) is 0 Å². The second-order valence-electron chi connectivity index (χ2n) is 10.6. The summed E-state index contributed by atoms with van der Waals surface area (Å²) in [6.45, 7) is 4.04. The fraction of sp³-hybridized carbons (Fsp3) is 0.167. The SMILES string of the molecule is CSc1nc(-c2ccncc2)c(-c2cccc(C)c2)c(=O)n1C.CSc1nc(-c2ccncc2)c(-c2cccc(C)c2)c(=O)n1C. The summed E-state index contributed by atoms with van der Waals surface area (Å²) in [6, 6.07) is 23.4. The Balaban J connectivity index is 0.000000181. The molecule has 46 heavy (non-hydrogen) atoms. The summed E-state index contributed by atoms with van der Waals surface area (Å²) >= 11 is 2.92. The third-order valence-electron chi connectivity index (χ3n) is 7.39. The van der Waals surface area contributed by atoms with E-state index < -0.39 is 0 Å². The van der Waals surface area contributed by atoms with Crippen molar-refractivity contribution in [3.8, 4) is 44.8 Å². The lowest BCUT2D eigenvalue weighted by molar-refractivity contribution is 0.715. The number of rotatable bonds is 6. The lowest BCUT2D eigenvalue weighted by Crippen LogP contribution is -2.22. The number of hydrogen-bond acceptors (Lipinski definition) is 8. The van der Waals surface area contributed by atoms with Gasteiger partial charge in [0.1, 0.15) is 0 Å². The van der Waals surface area contributed by atoms with E-state index in [-0.39, 0.29) is 11.1 Å². The van der Waals surface area contributed by atoms with Gasteiger partial charge in [-0.05, 0) is 61.8 Å². The van der Waals surface area contributed by atoms with Gasteiger partial charge in [0.05, 0.1) is 22.5 Å². The maximum absolute atomic E-state index is 12.9. The van der Waals surface area contributed by atoms with Crippen molar-refractivity contribution in [2.24, 2.45) is 14.1 Å². The Morgan fingerprint density at radius 2 is 0.913 bits per heavy atom. The zero-order valence-electron chi connectivity index (χ0n) is 26.6. The van der Waals surface area contributed by atoms with Gasteiger partial charge in [0.15, 0.2) is 10.3 Å². The topological polar surface area (TPSA) is 95.6 Å². The molecule has 4 heterocycles. The molecule has 0 aliphatic carbocycles. The van der Waals surface area contributed by atoms with Crippen LogP contribution in [0, 0.1) is 13.8 Å². The first kappa shape index (κ1) is 32.6. The summed E-state index contributed by atoms with van der Waals surface area (Å²) in [5.41, 5.74) is 8.35. The second kappa shape index (κ2) is 14.5. The van der Waals surface area contributed by atoms with Gasteiger partial charge in [-0.1, -0.05) is 83.2 Å². The van der Waals surface area contributed by atoms with Gasteiger partial charge in [0.2, 0.25) is 0 Å². The van der Waals surface area contributed by atoms with Crippen molar-refractivity contribution in [3.05, 3.63) is 129 Å². The second-order valence-corrected chi connectivity index (χ2v) is 12.1. The molecule has 6 aromatic rings. The van der Waals surface area contributed by atoms with Crippen LogP contribution >= 0.6 is 23.5 Å². The van der Waals surface area contributed by atoms with Crippen LogP contribution in [0.25, 0.3) is 44.8 Å². The average Bonchev–Trinajstić information content (AvgIpc) is 3.08. The van der Waals surface area contributed by atoms with Crippen molar-refractivity contribution in [2.75, 3.05) is 12.5 Å². The third kappa shape index (κ3) is 6.88. The Morgan fingerprint density at radius 1 is 0.543 bits per heavy atom. The summed E-state index contributed by atoms with van der Waals surface area (Å²) in [6.07, 6.45) is 10.7. The molecule has 0 bridgehead atoms. The molecular formula is C36H34N6O2S2. The molecule has 0 N–H and O–H groups in total. The molecule has 0 aliphatic heterocycles. The van der Waals surface area contributed by atoms with Crippen molar-refractivity contribution in [2.45, 2.75) is 24.2 Å². The van der Waals surface area contributed by atoms with Crippen LogP contribution in [0.5, 0.6) is 0 Å². The van der Waals surface area contributed by atoms with E-state index in [9.17, 15) is 9.59 Å². The minimum Gasteiger partial charge on any atom is -0.290 e. The molecule has 0 saturated carbocycles. The van der Waals surface area contributed by atoms with Crippen LogP contribution in [0.1, 0.15) is 11.1 Å². The smallest absolute Gasteiger partial charge is 0.262 e. The van der Waals surface area contributed by atoms with Crippen LogP contribution in [0.3, 0.4) is 0 Å². The highest BCUT2D eigenvalue weighted by Gasteiger charge is 2.19. The van der Waals surface area contributed by atoms with E-state index in [1.165, 1.54) is 23.5 Å². The van der Waals surface area contributed by atoms with E-state index >= 15 is 0 Å². The van der Waals surface area contributed by atoms with E-state index in [2.05, 4.69) is 9.97 Å². The normalized spacial score (nSPS) is 10.7. The molecule has 4 aromatic heterocycles. The fourth-order valence-electron chi connectivity index (χ4n) is 5.09. The van der Waals surface area contributed by atoms with Gasteiger partial charge in [0, 0.05) is 50.0 Å². The Bertz CT molecular complexity index is 1960. The van der Waals surface area contributed by atoms with Gasteiger partial charge >= 0.3 is 0 Å². The molecule has 0 spiro atoms. The lowest BCUT2D eigenvalue weighted by atomic mass is 10.00. The predicted molar refractivity (Wildman–Crippen MR) is 189 cm³/mol. The lowest BCUT2D eigenvalue weighted by Gasteiger charge is -2.14. The first-order valence-electron chi connectivity index (χ1n) is 14.5. The van der Waals surface area contributed by atoms with Gasteiger partial charge in [-0.3, -0.25) is 28.7 Å². The number of thioether (sulfide) groups is 2. The minimum absolute atomic E-state index is 0.0400. The quantitative estimate of drug-likeness (QED) is 0.140. The molecule has 8 nitrogen and oxygen atoms in total. The molecule has 6 rings (SSSR count). The zero-order valence-corrected chi connectivity index (χ0v) is 28.2. The molecular weight excluding hydrogens is 613 g/mol. The summed E-state index contributed by atoms with van der Waals surface area (Å²) in [5, 5.41) is 1.39. The molecule has 0 atom stereocenters. The Morgan fingerprint density at radius 3 is 1.24 bits per heavy atom. The van der Waals surface area contributed by atoms with Gasteiger partial charge in [-0.2, -0.15) is 0 Å². The van der Waals surface area contributed by atoms with Crippen molar-refractivity contribution in [3.63, 3.8) is 0 Å². The Labute approximate surface area is 276 Å². The van der Waals surface area contributed by atoms with Crippen LogP contribution in [0.15, 0.2) is 117 Å². The molecule has 0 aliphatic rings. The summed E-state index contributed by atoms with van der Waals surface area (Å²) in [4.78, 5) is 43.5. The fourth-order valence-corrected chi connectivity index (χ4v) is 6.17. The van der Waals surface area contributed by atoms with Crippen LogP contribution < -0.4 is 11.1 Å². The minimum atomic E-state index is -0.0400. The molecule has 232 valence electrons. The maximum atomic E-state index is 12.9. The van der Waals surface area contributed by atoms with Gasteiger partial charge < -0.3 is 0 Å². The Kier molecular flexibility index (Phi) is 10.3. The van der Waals surface area contributed by atoms with Crippen molar-refractivity contribution in [1.82, 2.24) is 29.1 Å². The van der Waals surface area contributed by atoms with Crippen LogP contribution in [0.4, 0.5) is 0 Å². The van der Waals surface area contributed by atoms with E-state index in [0.717, 1.165) is 33.4 Å². The highest BCUT2D eigenvalue weighted by molar-refractivity contribution is 7.98. The molecule has 0 unspecified atom stereocenters. The standard InChI is InChI=1S/2C18H17N3OS/c2*1-12-5-4-6-14(11-12)15-16(13-7-9-19-10-8-13)20-18(23-3)21(2)17(15)22/h2*4-11H,1-3H3. The summed E-state index contributed by atoms with van der Waals surface area (Å²) in [5.74, 6) is 0. The van der Waals surface area contributed by atoms with E-state index in [0.29, 0.717) is 32.8 Å². The first-order chi connectivity index (χ1) is 22.2. The molecule has 0 saturated heterocycles. The molecule has 0 radical (unpaired) electrons. The molecule has 0 amide bonds. The number of benzene rings is 2.